The van der Waals surface area contributed by atoms with Crippen molar-refractivity contribution in [3.63, 3.8) is 0 Å². The van der Waals surface area contributed by atoms with Crippen molar-refractivity contribution in [3.8, 4) is 0 Å². The average molecular weight is 480 g/mol. The second kappa shape index (κ2) is 11.0. The predicted octanol–water partition coefficient (Wildman–Crippen LogP) is 4.68. The van der Waals surface area contributed by atoms with Crippen LogP contribution in [-0.2, 0) is 16.1 Å². The number of thiazole rings is 1. The van der Waals surface area contributed by atoms with Crippen molar-refractivity contribution in [1.29, 1.82) is 0 Å². The van der Waals surface area contributed by atoms with E-state index in [0.717, 1.165) is 24.5 Å². The van der Waals surface area contributed by atoms with Gasteiger partial charge in [-0.1, -0.05) is 18.2 Å². The molecule has 2 aromatic heterocycles. The highest BCUT2D eigenvalue weighted by molar-refractivity contribution is 7.14. The van der Waals surface area contributed by atoms with Gasteiger partial charge in [-0.05, 0) is 49.1 Å². The summed E-state index contributed by atoms with van der Waals surface area (Å²) in [5.41, 5.74) is 1.56. The molecule has 0 radical (unpaired) electrons. The summed E-state index contributed by atoms with van der Waals surface area (Å²) in [4.78, 5) is 36.8. The highest BCUT2D eigenvalue weighted by atomic mass is 32.1. The molecule has 0 spiro atoms. The van der Waals surface area contributed by atoms with Gasteiger partial charge in [0.25, 0.3) is 0 Å². The quantitative estimate of drug-likeness (QED) is 0.498. The molecule has 3 aromatic rings. The minimum atomic E-state index is -0.511. The standard InChI is InChI=1S/C25H26FN5O2S/c1-18(32)31(22-8-4-3-7-21(22)26)25-29-20(17-34-25)10-12-24(33)28-16-19-9-11-23(27-15-19)30-13-5-2-6-14-30/h3-4,7-12,15,17H,2,5-6,13-14,16H2,1H3,(H,28,33). The van der Waals surface area contributed by atoms with E-state index in [1.165, 1.54) is 60.6 Å². The van der Waals surface area contributed by atoms with E-state index >= 15 is 0 Å². The van der Waals surface area contributed by atoms with Gasteiger partial charge in [0.2, 0.25) is 11.8 Å². The molecule has 1 aliphatic heterocycles. The fourth-order valence-corrected chi connectivity index (χ4v) is 4.58. The third-order valence-corrected chi connectivity index (χ3v) is 6.31. The SMILES string of the molecule is CC(=O)N(c1nc(C=CC(=O)NCc2ccc(N3CCCCC3)nc2)cs1)c1ccccc1F. The van der Waals surface area contributed by atoms with Gasteiger partial charge in [0.05, 0.1) is 11.4 Å². The Morgan fingerprint density at radius 3 is 2.68 bits per heavy atom. The first-order valence-electron chi connectivity index (χ1n) is 11.2. The van der Waals surface area contributed by atoms with Gasteiger partial charge in [0.15, 0.2) is 5.13 Å². The van der Waals surface area contributed by atoms with Crippen LogP contribution >= 0.6 is 11.3 Å². The molecule has 4 rings (SSSR count). The number of benzene rings is 1. The lowest BCUT2D eigenvalue weighted by atomic mass is 10.1. The third kappa shape index (κ3) is 5.85. The Kier molecular flexibility index (Phi) is 7.64. The summed E-state index contributed by atoms with van der Waals surface area (Å²) in [6.07, 6.45) is 8.41. The minimum Gasteiger partial charge on any atom is -0.357 e. The summed E-state index contributed by atoms with van der Waals surface area (Å²) in [7, 11) is 0. The molecule has 2 amide bonds. The normalized spacial score (nSPS) is 13.8. The van der Waals surface area contributed by atoms with Crippen molar-refractivity contribution in [1.82, 2.24) is 15.3 Å². The molecule has 1 aromatic carbocycles. The largest absolute Gasteiger partial charge is 0.357 e. The number of nitrogens with one attached hydrogen (secondary N) is 1. The van der Waals surface area contributed by atoms with Gasteiger partial charge in [-0.15, -0.1) is 11.3 Å². The number of halogens is 1. The molecule has 1 fully saturated rings. The van der Waals surface area contributed by atoms with E-state index in [9.17, 15) is 14.0 Å². The number of carbonyl (C=O) groups excluding carboxylic acids is 2. The van der Waals surface area contributed by atoms with Gasteiger partial charge in [-0.3, -0.25) is 14.5 Å². The summed E-state index contributed by atoms with van der Waals surface area (Å²) in [5, 5.41) is 4.87. The van der Waals surface area contributed by atoms with Crippen LogP contribution in [0, 0.1) is 5.82 Å². The number of amides is 2. The highest BCUT2D eigenvalue weighted by Gasteiger charge is 2.20. The number of pyridine rings is 1. The van der Waals surface area contributed by atoms with Crippen LogP contribution in [0.2, 0.25) is 0 Å². The van der Waals surface area contributed by atoms with Crippen molar-refractivity contribution < 1.29 is 14.0 Å². The van der Waals surface area contributed by atoms with Gasteiger partial charge in [0.1, 0.15) is 11.6 Å². The van der Waals surface area contributed by atoms with Crippen molar-refractivity contribution in [2.45, 2.75) is 32.7 Å². The van der Waals surface area contributed by atoms with Crippen molar-refractivity contribution in [3.05, 3.63) is 71.1 Å². The zero-order chi connectivity index (χ0) is 23.9. The van der Waals surface area contributed by atoms with E-state index in [4.69, 9.17) is 0 Å². The van der Waals surface area contributed by atoms with Crippen molar-refractivity contribution >= 4 is 45.9 Å². The highest BCUT2D eigenvalue weighted by Crippen LogP contribution is 2.31. The topological polar surface area (TPSA) is 78.4 Å². The van der Waals surface area contributed by atoms with E-state index in [1.54, 1.807) is 29.8 Å². The summed E-state index contributed by atoms with van der Waals surface area (Å²) in [5.74, 6) is -0.161. The number of aromatic nitrogens is 2. The smallest absolute Gasteiger partial charge is 0.244 e. The first-order valence-corrected chi connectivity index (χ1v) is 12.1. The van der Waals surface area contributed by atoms with E-state index in [0.29, 0.717) is 17.4 Å². The monoisotopic (exact) mass is 479 g/mol. The lowest BCUT2D eigenvalue weighted by Crippen LogP contribution is -2.30. The maximum absolute atomic E-state index is 14.2. The lowest BCUT2D eigenvalue weighted by Gasteiger charge is -2.27. The minimum absolute atomic E-state index is 0.137. The second-order valence-corrected chi connectivity index (χ2v) is 8.82. The van der Waals surface area contributed by atoms with Crippen LogP contribution in [0.15, 0.2) is 54.1 Å². The molecular weight excluding hydrogens is 453 g/mol. The van der Waals surface area contributed by atoms with Crippen LogP contribution in [-0.4, -0.2) is 34.9 Å². The van der Waals surface area contributed by atoms with E-state index in [1.807, 2.05) is 12.1 Å². The Hall–Kier alpha value is -3.59. The number of para-hydroxylation sites is 1. The zero-order valence-corrected chi connectivity index (χ0v) is 19.7. The van der Waals surface area contributed by atoms with Crippen LogP contribution in [0.4, 0.5) is 21.0 Å². The molecule has 3 heterocycles. The molecule has 176 valence electrons. The molecule has 1 N–H and O–H groups in total. The Bertz CT molecular complexity index is 1170. The number of hydrogen-bond donors (Lipinski definition) is 1. The van der Waals surface area contributed by atoms with E-state index in [-0.39, 0.29) is 17.5 Å². The summed E-state index contributed by atoms with van der Waals surface area (Å²) < 4.78 is 14.2. The first-order chi connectivity index (χ1) is 16.5. The number of hydrogen-bond acceptors (Lipinski definition) is 6. The number of piperidine rings is 1. The molecular formula is C25H26FN5O2S. The Labute approximate surface area is 202 Å². The zero-order valence-electron chi connectivity index (χ0n) is 18.9. The molecule has 34 heavy (non-hydrogen) atoms. The van der Waals surface area contributed by atoms with Gasteiger partial charge in [-0.25, -0.2) is 14.4 Å². The maximum Gasteiger partial charge on any atom is 0.244 e. The van der Waals surface area contributed by atoms with Crippen LogP contribution in [0.1, 0.15) is 37.4 Å². The van der Waals surface area contributed by atoms with Crippen molar-refractivity contribution in [2.75, 3.05) is 22.9 Å². The molecule has 0 unspecified atom stereocenters. The summed E-state index contributed by atoms with van der Waals surface area (Å²) >= 11 is 1.20. The molecule has 0 bridgehead atoms. The molecule has 1 saturated heterocycles. The van der Waals surface area contributed by atoms with Crippen LogP contribution < -0.4 is 15.1 Å². The number of nitrogens with zero attached hydrogens (tertiary/aromatic N) is 4. The first kappa shape index (κ1) is 23.6. The summed E-state index contributed by atoms with van der Waals surface area (Å²) in [6.45, 7) is 3.79. The Morgan fingerprint density at radius 2 is 1.97 bits per heavy atom. The molecule has 0 atom stereocenters. The van der Waals surface area contributed by atoms with Crippen LogP contribution in [0.5, 0.6) is 0 Å². The molecule has 0 aliphatic carbocycles. The van der Waals surface area contributed by atoms with Gasteiger partial charge >= 0.3 is 0 Å². The van der Waals surface area contributed by atoms with Crippen molar-refractivity contribution in [2.24, 2.45) is 0 Å². The van der Waals surface area contributed by atoms with E-state index < -0.39 is 5.82 Å². The van der Waals surface area contributed by atoms with Gasteiger partial charge in [-0.2, -0.15) is 0 Å². The number of anilines is 3. The fraction of sp³-hybridized carbons (Fsp3) is 0.280. The fourth-order valence-electron chi connectivity index (χ4n) is 3.74. The van der Waals surface area contributed by atoms with Gasteiger partial charge < -0.3 is 10.2 Å². The lowest BCUT2D eigenvalue weighted by molar-refractivity contribution is -0.117. The second-order valence-electron chi connectivity index (χ2n) is 7.98. The number of carbonyl (C=O) groups is 2. The molecule has 9 heteroatoms. The average Bonchev–Trinajstić information content (AvgIpc) is 3.32. The molecule has 7 nitrogen and oxygen atoms in total. The van der Waals surface area contributed by atoms with E-state index in [2.05, 4.69) is 20.2 Å². The molecule has 0 saturated carbocycles. The van der Waals surface area contributed by atoms with Crippen LogP contribution in [0.3, 0.4) is 0 Å². The van der Waals surface area contributed by atoms with Crippen LogP contribution in [0.25, 0.3) is 6.08 Å². The predicted molar refractivity (Wildman–Crippen MR) is 133 cm³/mol. The Morgan fingerprint density at radius 1 is 1.18 bits per heavy atom. The number of rotatable bonds is 7. The summed E-state index contributed by atoms with van der Waals surface area (Å²) in [6, 6.07) is 10.0. The maximum atomic E-state index is 14.2. The van der Waals surface area contributed by atoms with Gasteiger partial charge in [0, 0.05) is 44.2 Å². The Balaban J connectivity index is 1.34. The third-order valence-electron chi connectivity index (χ3n) is 5.47. The molecule has 1 aliphatic rings.